The summed E-state index contributed by atoms with van der Waals surface area (Å²) in [6.07, 6.45) is 3.10. The van der Waals surface area contributed by atoms with Gasteiger partial charge < -0.3 is 19.3 Å². The Balaban J connectivity index is 1.19. The van der Waals surface area contributed by atoms with Crippen molar-refractivity contribution in [3.05, 3.63) is 65.7 Å². The summed E-state index contributed by atoms with van der Waals surface area (Å²) in [5.74, 6) is 0.174. The molecule has 0 aliphatic carbocycles. The van der Waals surface area contributed by atoms with Crippen molar-refractivity contribution < 1.29 is 19.1 Å². The molecule has 3 aliphatic rings. The van der Waals surface area contributed by atoms with Crippen molar-refractivity contribution in [1.29, 1.82) is 0 Å². The smallest absolute Gasteiger partial charge is 0.410 e. The van der Waals surface area contributed by atoms with Gasteiger partial charge in [-0.1, -0.05) is 30.3 Å². The van der Waals surface area contributed by atoms with Crippen molar-refractivity contribution in [3.8, 4) is 0 Å². The number of carbonyl (C=O) groups excluding carboxylic acids is 2. The molecule has 6 heteroatoms. The fourth-order valence-corrected chi connectivity index (χ4v) is 5.38. The van der Waals surface area contributed by atoms with Crippen LogP contribution in [0.2, 0.25) is 0 Å². The third kappa shape index (κ3) is 4.37. The minimum absolute atomic E-state index is 0.0279. The second-order valence-electron chi connectivity index (χ2n) is 9.01. The first kappa shape index (κ1) is 21.0. The standard InChI is InChI=1S/C26H30N2O4/c29-25(20-6-8-22(9-7-20)27-12-14-31-15-13-27)21-16-23-10-11-24(17-21)28(23)26(30)32-18-19-4-2-1-3-5-19/h1-9,21,23-24H,10-18H2. The lowest BCUT2D eigenvalue weighted by Gasteiger charge is -2.37. The zero-order valence-corrected chi connectivity index (χ0v) is 18.3. The lowest BCUT2D eigenvalue weighted by atomic mass is 9.85. The van der Waals surface area contributed by atoms with Gasteiger partial charge >= 0.3 is 6.09 Å². The van der Waals surface area contributed by atoms with Gasteiger partial charge in [-0.2, -0.15) is 0 Å². The normalized spacial score (nSPS) is 24.9. The second-order valence-corrected chi connectivity index (χ2v) is 9.01. The summed E-state index contributed by atoms with van der Waals surface area (Å²) in [5.41, 5.74) is 2.89. The molecule has 0 saturated carbocycles. The Hall–Kier alpha value is -2.86. The van der Waals surface area contributed by atoms with Gasteiger partial charge in [-0.3, -0.25) is 4.79 Å². The van der Waals surface area contributed by atoms with Crippen molar-refractivity contribution in [2.45, 2.75) is 44.4 Å². The third-order valence-corrected chi connectivity index (χ3v) is 7.05. The summed E-state index contributed by atoms with van der Waals surface area (Å²) in [6.45, 7) is 3.55. The number of ether oxygens (including phenoxy) is 2. The maximum absolute atomic E-state index is 13.2. The highest BCUT2D eigenvalue weighted by molar-refractivity contribution is 5.98. The van der Waals surface area contributed by atoms with E-state index < -0.39 is 0 Å². The topological polar surface area (TPSA) is 59.1 Å². The third-order valence-electron chi connectivity index (χ3n) is 7.05. The van der Waals surface area contributed by atoms with Crippen LogP contribution in [0.15, 0.2) is 54.6 Å². The molecule has 2 aromatic carbocycles. The van der Waals surface area contributed by atoms with Gasteiger partial charge in [0.1, 0.15) is 6.61 Å². The van der Waals surface area contributed by atoms with Crippen LogP contribution < -0.4 is 4.90 Å². The molecule has 3 heterocycles. The summed E-state index contributed by atoms with van der Waals surface area (Å²) in [4.78, 5) is 30.2. The highest BCUT2D eigenvalue weighted by Crippen LogP contribution is 2.40. The zero-order chi connectivity index (χ0) is 21.9. The van der Waals surface area contributed by atoms with E-state index in [2.05, 4.69) is 4.90 Å². The molecule has 2 atom stereocenters. The van der Waals surface area contributed by atoms with Crippen molar-refractivity contribution in [2.24, 2.45) is 5.92 Å². The maximum Gasteiger partial charge on any atom is 0.410 e. The van der Waals surface area contributed by atoms with Gasteiger partial charge in [-0.15, -0.1) is 0 Å². The molecule has 6 nitrogen and oxygen atoms in total. The van der Waals surface area contributed by atoms with E-state index in [0.717, 1.165) is 68.8 Å². The summed E-state index contributed by atoms with van der Waals surface area (Å²) in [6, 6.07) is 17.9. The first-order chi connectivity index (χ1) is 15.7. The van der Waals surface area contributed by atoms with Gasteiger partial charge in [0.2, 0.25) is 0 Å². The Morgan fingerprint density at radius 3 is 2.22 bits per heavy atom. The number of rotatable bonds is 5. The molecule has 0 spiro atoms. The van der Waals surface area contributed by atoms with Crippen LogP contribution in [0.4, 0.5) is 10.5 Å². The molecule has 0 N–H and O–H groups in total. The van der Waals surface area contributed by atoms with Gasteiger partial charge in [0.15, 0.2) is 5.78 Å². The SMILES string of the molecule is O=C(c1ccc(N2CCOCC2)cc1)C1CC2CCC(C1)N2C(=O)OCc1ccccc1. The van der Waals surface area contributed by atoms with Gasteiger partial charge in [-0.25, -0.2) is 4.79 Å². The van der Waals surface area contributed by atoms with E-state index in [9.17, 15) is 9.59 Å². The van der Waals surface area contributed by atoms with Crippen LogP contribution in [0.25, 0.3) is 0 Å². The van der Waals surface area contributed by atoms with Crippen molar-refractivity contribution >= 4 is 17.6 Å². The predicted molar refractivity (Wildman–Crippen MR) is 122 cm³/mol. The van der Waals surface area contributed by atoms with Crippen molar-refractivity contribution in [3.63, 3.8) is 0 Å². The Kier molecular flexibility index (Phi) is 6.12. The molecule has 0 aromatic heterocycles. The van der Waals surface area contributed by atoms with E-state index in [0.29, 0.717) is 0 Å². The van der Waals surface area contributed by atoms with E-state index >= 15 is 0 Å². The number of benzene rings is 2. The Morgan fingerprint density at radius 2 is 1.56 bits per heavy atom. The van der Waals surface area contributed by atoms with Gasteiger partial charge in [0.25, 0.3) is 0 Å². The van der Waals surface area contributed by atoms with Crippen LogP contribution in [0.1, 0.15) is 41.6 Å². The summed E-state index contributed by atoms with van der Waals surface area (Å²) in [5, 5.41) is 0. The number of morpholine rings is 1. The maximum atomic E-state index is 13.2. The van der Waals surface area contributed by atoms with Crippen LogP contribution in [-0.4, -0.2) is 55.2 Å². The average molecular weight is 435 g/mol. The van der Waals surface area contributed by atoms with Crippen LogP contribution in [-0.2, 0) is 16.1 Å². The molecular formula is C26H30N2O4. The van der Waals surface area contributed by atoms with E-state index in [1.807, 2.05) is 59.5 Å². The first-order valence-electron chi connectivity index (χ1n) is 11.6. The van der Waals surface area contributed by atoms with Crippen molar-refractivity contribution in [1.82, 2.24) is 4.90 Å². The summed E-state index contributed by atoms with van der Waals surface area (Å²) >= 11 is 0. The van der Waals surface area contributed by atoms with Gasteiger partial charge in [0, 0.05) is 42.3 Å². The predicted octanol–water partition coefficient (Wildman–Crippen LogP) is 4.29. The van der Waals surface area contributed by atoms with E-state index in [1.54, 1.807) is 0 Å². The lowest BCUT2D eigenvalue weighted by Crippen LogP contribution is -2.48. The molecule has 3 fully saturated rings. The molecule has 32 heavy (non-hydrogen) atoms. The number of fused-ring (bicyclic) bond motifs is 2. The summed E-state index contributed by atoms with van der Waals surface area (Å²) < 4.78 is 11.0. The molecule has 3 saturated heterocycles. The van der Waals surface area contributed by atoms with Gasteiger partial charge in [0.05, 0.1) is 13.2 Å². The number of nitrogens with zero attached hydrogens (tertiary/aromatic N) is 2. The second kappa shape index (κ2) is 9.33. The van der Waals surface area contributed by atoms with Crippen LogP contribution >= 0.6 is 0 Å². The molecule has 168 valence electrons. The Morgan fingerprint density at radius 1 is 0.906 bits per heavy atom. The highest BCUT2D eigenvalue weighted by Gasteiger charge is 2.45. The molecule has 2 bridgehead atoms. The van der Waals surface area contributed by atoms with Crippen LogP contribution in [0.3, 0.4) is 0 Å². The largest absolute Gasteiger partial charge is 0.445 e. The molecular weight excluding hydrogens is 404 g/mol. The number of hydrogen-bond acceptors (Lipinski definition) is 5. The zero-order valence-electron chi connectivity index (χ0n) is 18.3. The number of carbonyl (C=O) groups is 2. The number of amides is 1. The molecule has 2 aromatic rings. The van der Waals surface area contributed by atoms with E-state index in [1.165, 1.54) is 0 Å². The van der Waals surface area contributed by atoms with E-state index in [4.69, 9.17) is 9.47 Å². The monoisotopic (exact) mass is 434 g/mol. The van der Waals surface area contributed by atoms with Crippen molar-refractivity contribution in [2.75, 3.05) is 31.2 Å². The first-order valence-corrected chi connectivity index (χ1v) is 11.6. The minimum atomic E-state index is -0.248. The van der Waals surface area contributed by atoms with Gasteiger partial charge in [-0.05, 0) is 55.5 Å². The fraction of sp³-hybridized carbons (Fsp3) is 0.462. The average Bonchev–Trinajstić information content (AvgIpc) is 3.12. The fourth-order valence-electron chi connectivity index (χ4n) is 5.38. The molecule has 5 rings (SSSR count). The minimum Gasteiger partial charge on any atom is -0.445 e. The number of ketones is 1. The highest BCUT2D eigenvalue weighted by atomic mass is 16.6. The quantitative estimate of drug-likeness (QED) is 0.657. The summed E-state index contributed by atoms with van der Waals surface area (Å²) in [7, 11) is 0. The molecule has 1 amide bonds. The Bertz CT molecular complexity index is 926. The van der Waals surface area contributed by atoms with E-state index in [-0.39, 0.29) is 36.5 Å². The number of hydrogen-bond donors (Lipinski definition) is 0. The molecule has 3 aliphatic heterocycles. The van der Waals surface area contributed by atoms with Crippen LogP contribution in [0.5, 0.6) is 0 Å². The molecule has 2 unspecified atom stereocenters. The number of anilines is 1. The number of Topliss-reactive ketones (excluding diaryl/α,β-unsaturated/α-hetero) is 1. The molecule has 0 radical (unpaired) electrons. The lowest BCUT2D eigenvalue weighted by molar-refractivity contribution is 0.0485. The Labute approximate surface area is 189 Å². The van der Waals surface area contributed by atoms with Crippen LogP contribution in [0, 0.1) is 5.92 Å². The number of piperidine rings is 1.